The molecule has 0 aliphatic carbocycles. The van der Waals surface area contributed by atoms with Crippen LogP contribution in [0.1, 0.15) is 25.5 Å². The van der Waals surface area contributed by atoms with E-state index in [1.165, 1.54) is 17.0 Å². The van der Waals surface area contributed by atoms with Gasteiger partial charge in [0.15, 0.2) is 29.3 Å². The number of hydrogen-bond donors (Lipinski definition) is 2. The summed E-state index contributed by atoms with van der Waals surface area (Å²) in [4.78, 5) is 21.4. The maximum atomic E-state index is 14.0. The van der Waals surface area contributed by atoms with E-state index in [1.807, 2.05) is 0 Å². The lowest BCUT2D eigenvalue weighted by Crippen LogP contribution is -2.51. The molecule has 1 unspecified atom stereocenters. The van der Waals surface area contributed by atoms with Crippen LogP contribution in [0.15, 0.2) is 24.4 Å². The number of fused-ring (bicyclic) bond motifs is 1. The Morgan fingerprint density at radius 3 is 2.84 bits per heavy atom. The van der Waals surface area contributed by atoms with Crippen molar-refractivity contribution in [3.05, 3.63) is 30.2 Å². The molecule has 2 aliphatic heterocycles. The smallest absolute Gasteiger partial charge is 0.407 e. The molecule has 11 heteroatoms. The van der Waals surface area contributed by atoms with E-state index in [4.69, 9.17) is 14.6 Å². The van der Waals surface area contributed by atoms with Crippen molar-refractivity contribution in [3.63, 3.8) is 0 Å². The van der Waals surface area contributed by atoms with Gasteiger partial charge in [-0.25, -0.2) is 18.9 Å². The maximum absolute atomic E-state index is 14.0. The van der Waals surface area contributed by atoms with Gasteiger partial charge in [-0.2, -0.15) is 10.1 Å². The average molecular weight is 443 g/mol. The van der Waals surface area contributed by atoms with Gasteiger partial charge in [-0.15, -0.1) is 0 Å². The number of halogens is 1. The number of likely N-dealkylation sites (tertiary alicyclic amines) is 1. The van der Waals surface area contributed by atoms with Crippen molar-refractivity contribution in [1.82, 2.24) is 24.6 Å². The zero-order valence-electron chi connectivity index (χ0n) is 17.1. The van der Waals surface area contributed by atoms with Crippen molar-refractivity contribution in [2.45, 2.75) is 25.5 Å². The van der Waals surface area contributed by atoms with Gasteiger partial charge in [0, 0.05) is 31.2 Å². The van der Waals surface area contributed by atoms with Crippen LogP contribution in [0, 0.1) is 11.7 Å². The first-order valence-electron chi connectivity index (χ1n) is 10.5. The molecule has 1 aromatic carbocycles. The van der Waals surface area contributed by atoms with E-state index < -0.39 is 17.7 Å². The summed E-state index contributed by atoms with van der Waals surface area (Å²) in [5, 5.41) is 23.6. The molecule has 2 aromatic heterocycles. The topological polar surface area (TPSA) is 123 Å². The number of aromatic nitrogens is 4. The number of phenolic OH excluding ortho intramolecular Hbond substituents is 1. The molecule has 0 saturated carbocycles. The minimum Gasteiger partial charge on any atom is -0.505 e. The number of rotatable bonds is 5. The van der Waals surface area contributed by atoms with Crippen LogP contribution in [0.3, 0.4) is 0 Å². The van der Waals surface area contributed by atoms with Crippen LogP contribution in [-0.2, 0) is 4.74 Å². The van der Waals surface area contributed by atoms with Gasteiger partial charge in [0.25, 0.3) is 0 Å². The Morgan fingerprint density at radius 2 is 2.12 bits per heavy atom. The van der Waals surface area contributed by atoms with E-state index >= 15 is 0 Å². The fourth-order valence-corrected chi connectivity index (χ4v) is 3.94. The van der Waals surface area contributed by atoms with Gasteiger partial charge >= 0.3 is 6.09 Å². The first-order valence-corrected chi connectivity index (χ1v) is 10.5. The van der Waals surface area contributed by atoms with Crippen molar-refractivity contribution in [1.29, 1.82) is 0 Å². The molecule has 2 N–H and O–H groups in total. The number of carbonyl (C=O) groups is 1. The predicted molar refractivity (Wildman–Crippen MR) is 110 cm³/mol. The number of carboxylic acid groups (broad SMARTS) is 1. The third kappa shape index (κ3) is 3.79. The molecule has 1 atom stereocenters. The van der Waals surface area contributed by atoms with Crippen LogP contribution < -0.4 is 4.74 Å². The summed E-state index contributed by atoms with van der Waals surface area (Å²) in [7, 11) is 0. The van der Waals surface area contributed by atoms with E-state index in [9.17, 15) is 14.3 Å². The molecular formula is C21H22FN5O5. The molecule has 3 aromatic rings. The number of nitrogens with zero attached hydrogens (tertiary/aromatic N) is 5. The number of phenols is 1. The average Bonchev–Trinajstić information content (AvgIpc) is 3.19. The van der Waals surface area contributed by atoms with Crippen LogP contribution in [-0.4, -0.2) is 67.3 Å². The lowest BCUT2D eigenvalue weighted by Gasteiger charge is -2.36. The molecule has 0 spiro atoms. The second kappa shape index (κ2) is 8.23. The van der Waals surface area contributed by atoms with E-state index in [-0.39, 0.29) is 30.5 Å². The van der Waals surface area contributed by atoms with Gasteiger partial charge in [0.1, 0.15) is 5.39 Å². The van der Waals surface area contributed by atoms with Crippen LogP contribution in [0.5, 0.6) is 11.6 Å². The van der Waals surface area contributed by atoms with Gasteiger partial charge in [0.05, 0.1) is 12.8 Å². The number of aromatic hydroxyl groups is 1. The maximum Gasteiger partial charge on any atom is 0.407 e. The molecule has 2 saturated heterocycles. The summed E-state index contributed by atoms with van der Waals surface area (Å²) < 4.78 is 27.5. The van der Waals surface area contributed by atoms with Gasteiger partial charge in [-0.3, -0.25) is 0 Å². The Labute approximate surface area is 182 Å². The zero-order chi connectivity index (χ0) is 22.2. The van der Waals surface area contributed by atoms with Crippen molar-refractivity contribution in [2.24, 2.45) is 5.92 Å². The molecule has 1 amide bonds. The Bertz CT molecular complexity index is 1160. The van der Waals surface area contributed by atoms with Crippen LogP contribution >= 0.6 is 0 Å². The molecule has 0 radical (unpaired) electrons. The fraction of sp³-hybridized carbons (Fsp3) is 0.429. The molecular weight excluding hydrogens is 421 g/mol. The summed E-state index contributed by atoms with van der Waals surface area (Å²) in [6.07, 6.45) is 3.21. The number of hydrogen-bond acceptors (Lipinski definition) is 7. The van der Waals surface area contributed by atoms with Crippen molar-refractivity contribution in [2.75, 3.05) is 26.3 Å². The Hall–Kier alpha value is -3.47. The third-order valence-corrected chi connectivity index (χ3v) is 5.74. The summed E-state index contributed by atoms with van der Waals surface area (Å²) in [6, 6.07) is 3.93. The van der Waals surface area contributed by atoms with Gasteiger partial charge in [0.2, 0.25) is 5.88 Å². The number of ether oxygens (including phenoxy) is 2. The summed E-state index contributed by atoms with van der Waals surface area (Å²) >= 11 is 0. The molecule has 2 fully saturated rings. The highest BCUT2D eigenvalue weighted by Crippen LogP contribution is 2.32. The first-order chi connectivity index (χ1) is 15.5. The molecule has 4 heterocycles. The van der Waals surface area contributed by atoms with E-state index in [0.29, 0.717) is 36.3 Å². The predicted octanol–water partition coefficient (Wildman–Crippen LogP) is 3.03. The van der Waals surface area contributed by atoms with Crippen molar-refractivity contribution in [3.8, 4) is 23.0 Å². The summed E-state index contributed by atoms with van der Waals surface area (Å²) in [5.74, 6) is -0.664. The van der Waals surface area contributed by atoms with Gasteiger partial charge in [-0.1, -0.05) is 0 Å². The van der Waals surface area contributed by atoms with Crippen molar-refractivity contribution >= 4 is 17.1 Å². The second-order valence-electron chi connectivity index (χ2n) is 8.03. The van der Waals surface area contributed by atoms with E-state index in [1.54, 1.807) is 10.9 Å². The highest BCUT2D eigenvalue weighted by Gasteiger charge is 2.31. The summed E-state index contributed by atoms with van der Waals surface area (Å²) in [6.45, 7) is 1.71. The molecule has 32 heavy (non-hydrogen) atoms. The molecule has 5 rings (SSSR count). The monoisotopic (exact) mass is 443 g/mol. The first kappa shape index (κ1) is 20.4. The highest BCUT2D eigenvalue weighted by atomic mass is 19.1. The Morgan fingerprint density at radius 1 is 1.28 bits per heavy atom. The second-order valence-corrected chi connectivity index (χ2v) is 8.03. The van der Waals surface area contributed by atoms with E-state index in [2.05, 4.69) is 15.1 Å². The third-order valence-electron chi connectivity index (χ3n) is 5.74. The quantitative estimate of drug-likeness (QED) is 0.617. The zero-order valence-corrected chi connectivity index (χ0v) is 17.1. The Balaban J connectivity index is 1.49. The highest BCUT2D eigenvalue weighted by molar-refractivity contribution is 5.82. The Kier molecular flexibility index (Phi) is 5.25. The lowest BCUT2D eigenvalue weighted by atomic mass is 10.0. The number of benzene rings is 1. The SMILES string of the molecule is O=C(O)N1CC(COc2nc(-c3ccc(O)c(F)c3)nc3c2cnn3C2CCCCO2)C1. The minimum absolute atomic E-state index is 0.0578. The number of amides is 1. The minimum atomic E-state index is -0.948. The standard InChI is InChI=1S/C21H22FN5O5/c22-15-7-13(4-5-16(15)28)18-24-19-14(8-23-27(19)17-3-1-2-6-31-17)20(25-18)32-11-12-9-26(10-12)21(29)30/h4-5,7-8,12,17,28H,1-3,6,9-11H2,(H,29,30). The van der Waals surface area contributed by atoms with Crippen molar-refractivity contribution < 1.29 is 28.9 Å². The molecule has 10 nitrogen and oxygen atoms in total. The normalized spacial score (nSPS) is 19.2. The summed E-state index contributed by atoms with van der Waals surface area (Å²) in [5.41, 5.74) is 0.885. The van der Waals surface area contributed by atoms with Gasteiger partial charge < -0.3 is 24.6 Å². The van der Waals surface area contributed by atoms with E-state index in [0.717, 1.165) is 25.3 Å². The molecule has 0 bridgehead atoms. The molecule has 2 aliphatic rings. The van der Waals surface area contributed by atoms with Crippen LogP contribution in [0.2, 0.25) is 0 Å². The largest absolute Gasteiger partial charge is 0.505 e. The van der Waals surface area contributed by atoms with Crippen LogP contribution in [0.4, 0.5) is 9.18 Å². The fourth-order valence-electron chi connectivity index (χ4n) is 3.94. The van der Waals surface area contributed by atoms with Crippen LogP contribution in [0.25, 0.3) is 22.4 Å². The molecule has 168 valence electrons. The van der Waals surface area contributed by atoms with Gasteiger partial charge in [-0.05, 0) is 37.5 Å². The lowest BCUT2D eigenvalue weighted by molar-refractivity contribution is -0.0370.